The first kappa shape index (κ1) is 26.1. The van der Waals surface area contributed by atoms with E-state index in [9.17, 15) is 9.59 Å². The molecular weight excluding hydrogens is 502 g/mol. The van der Waals surface area contributed by atoms with E-state index in [0.717, 1.165) is 30.1 Å². The van der Waals surface area contributed by atoms with E-state index in [0.29, 0.717) is 43.4 Å². The minimum Gasteiger partial charge on any atom is -0.496 e. The number of hydrogen-bond acceptors (Lipinski definition) is 7. The Morgan fingerprint density at radius 3 is 2.66 bits per heavy atom. The summed E-state index contributed by atoms with van der Waals surface area (Å²) in [6.45, 7) is 4.08. The highest BCUT2D eigenvalue weighted by molar-refractivity contribution is 7.12. The second kappa shape index (κ2) is 11.9. The number of thiophene rings is 1. The Morgan fingerprint density at radius 1 is 1.13 bits per heavy atom. The lowest BCUT2D eigenvalue weighted by Gasteiger charge is -2.31. The average molecular weight is 536 g/mol. The molecule has 2 aliphatic rings. The number of rotatable bonds is 9. The molecule has 10 heteroatoms. The van der Waals surface area contributed by atoms with Crippen molar-refractivity contribution in [2.75, 3.05) is 53.0 Å². The van der Waals surface area contributed by atoms with Gasteiger partial charge in [-0.3, -0.25) is 14.5 Å². The molecule has 2 amide bonds. The number of carbonyl (C=O) groups is 2. The first-order valence-electron chi connectivity index (χ1n) is 12.8. The van der Waals surface area contributed by atoms with Crippen LogP contribution in [0.2, 0.25) is 0 Å². The minimum atomic E-state index is -0.332. The molecule has 4 heterocycles. The van der Waals surface area contributed by atoms with Crippen molar-refractivity contribution in [3.8, 4) is 5.75 Å². The van der Waals surface area contributed by atoms with Crippen LogP contribution in [0.1, 0.15) is 33.4 Å². The summed E-state index contributed by atoms with van der Waals surface area (Å²) in [5.74, 6) is 0.343. The first-order valence-corrected chi connectivity index (χ1v) is 13.7. The zero-order valence-electron chi connectivity index (χ0n) is 21.8. The number of morpholine rings is 1. The maximum absolute atomic E-state index is 13.9. The summed E-state index contributed by atoms with van der Waals surface area (Å²) in [7, 11) is 3.60. The SMILES string of the molecule is COc1ccccc1C1CC(c2cccn2C)=NN1C(=O)CN(CCN1CCOCC1)C(=O)c1cccs1. The van der Waals surface area contributed by atoms with E-state index in [4.69, 9.17) is 14.6 Å². The lowest BCUT2D eigenvalue weighted by molar-refractivity contribution is -0.133. The molecule has 1 aromatic carbocycles. The smallest absolute Gasteiger partial charge is 0.264 e. The molecular formula is C28H33N5O4S. The average Bonchev–Trinajstić information content (AvgIpc) is 3.72. The molecule has 1 fully saturated rings. The van der Waals surface area contributed by atoms with Gasteiger partial charge in [0.25, 0.3) is 11.8 Å². The highest BCUT2D eigenvalue weighted by Crippen LogP contribution is 2.37. The normalized spacial score (nSPS) is 17.9. The van der Waals surface area contributed by atoms with Gasteiger partial charge < -0.3 is 18.9 Å². The molecule has 2 aliphatic heterocycles. The van der Waals surface area contributed by atoms with Crippen LogP contribution in [-0.2, 0) is 16.6 Å². The standard InChI is InChI=1S/C28H33N5O4S/c1-30-11-5-8-23(30)22-19-24(21-7-3-4-9-25(21)36-2)33(29-22)27(34)20-32(28(35)26-10-6-18-38-26)13-12-31-14-16-37-17-15-31/h3-11,18,24H,12-17,19-20H2,1-2H3. The first-order chi connectivity index (χ1) is 18.5. The second-order valence-electron chi connectivity index (χ2n) is 9.41. The van der Waals surface area contributed by atoms with Crippen LogP contribution in [0.4, 0.5) is 0 Å². The number of carbonyl (C=O) groups excluding carboxylic acids is 2. The van der Waals surface area contributed by atoms with E-state index >= 15 is 0 Å². The van der Waals surface area contributed by atoms with Crippen molar-refractivity contribution < 1.29 is 19.1 Å². The van der Waals surface area contributed by atoms with Crippen LogP contribution in [-0.4, -0.2) is 89.9 Å². The molecule has 0 N–H and O–H groups in total. The van der Waals surface area contributed by atoms with E-state index in [1.165, 1.54) is 11.3 Å². The lowest BCUT2D eigenvalue weighted by Crippen LogP contribution is -2.46. The van der Waals surface area contributed by atoms with Crippen molar-refractivity contribution in [2.45, 2.75) is 12.5 Å². The van der Waals surface area contributed by atoms with Gasteiger partial charge in [0.2, 0.25) is 0 Å². The number of hydrogen-bond donors (Lipinski definition) is 0. The zero-order chi connectivity index (χ0) is 26.5. The molecule has 1 saturated heterocycles. The van der Waals surface area contributed by atoms with Gasteiger partial charge in [-0.25, -0.2) is 5.01 Å². The number of hydrazone groups is 1. The highest BCUT2D eigenvalue weighted by Gasteiger charge is 2.36. The summed E-state index contributed by atoms with van der Waals surface area (Å²) in [5.41, 5.74) is 2.67. The molecule has 3 aromatic rings. The van der Waals surface area contributed by atoms with Crippen molar-refractivity contribution in [3.05, 3.63) is 76.2 Å². The van der Waals surface area contributed by atoms with Crippen LogP contribution in [0.5, 0.6) is 5.75 Å². The zero-order valence-corrected chi connectivity index (χ0v) is 22.6. The maximum atomic E-state index is 13.9. The van der Waals surface area contributed by atoms with Crippen LogP contribution in [0.25, 0.3) is 0 Å². The van der Waals surface area contributed by atoms with Crippen LogP contribution < -0.4 is 4.74 Å². The Balaban J connectivity index is 1.41. The van der Waals surface area contributed by atoms with Gasteiger partial charge in [-0.1, -0.05) is 24.3 Å². The molecule has 9 nitrogen and oxygen atoms in total. The summed E-state index contributed by atoms with van der Waals surface area (Å²) in [5, 5.41) is 8.24. The second-order valence-corrected chi connectivity index (χ2v) is 10.4. The summed E-state index contributed by atoms with van der Waals surface area (Å²) in [4.78, 5) is 31.9. The minimum absolute atomic E-state index is 0.0589. The summed E-state index contributed by atoms with van der Waals surface area (Å²) in [6, 6.07) is 15.0. The van der Waals surface area contributed by atoms with Crippen molar-refractivity contribution in [1.82, 2.24) is 19.4 Å². The summed E-state index contributed by atoms with van der Waals surface area (Å²) < 4.78 is 13.1. The molecule has 0 bridgehead atoms. The number of methoxy groups -OCH3 is 1. The van der Waals surface area contributed by atoms with Gasteiger partial charge >= 0.3 is 0 Å². The van der Waals surface area contributed by atoms with Gasteiger partial charge in [0.05, 0.1) is 42.6 Å². The molecule has 0 saturated carbocycles. The lowest BCUT2D eigenvalue weighted by atomic mass is 9.99. The van der Waals surface area contributed by atoms with Gasteiger partial charge in [0, 0.05) is 51.4 Å². The van der Waals surface area contributed by atoms with E-state index < -0.39 is 0 Å². The Labute approximate surface area is 226 Å². The quantitative estimate of drug-likeness (QED) is 0.420. The van der Waals surface area contributed by atoms with Crippen LogP contribution in [0.15, 0.2) is 65.2 Å². The molecule has 0 spiro atoms. The van der Waals surface area contributed by atoms with Crippen molar-refractivity contribution >= 4 is 28.9 Å². The van der Waals surface area contributed by atoms with Gasteiger partial charge in [-0.15, -0.1) is 11.3 Å². The number of benzene rings is 1. The third-order valence-electron chi connectivity index (χ3n) is 7.04. The van der Waals surface area contributed by atoms with Crippen molar-refractivity contribution in [3.63, 3.8) is 0 Å². The molecule has 1 unspecified atom stereocenters. The highest BCUT2D eigenvalue weighted by atomic mass is 32.1. The van der Waals surface area contributed by atoms with Crippen LogP contribution in [0.3, 0.4) is 0 Å². The number of nitrogens with zero attached hydrogens (tertiary/aromatic N) is 5. The topological polar surface area (TPSA) is 79.6 Å². The van der Waals surface area contributed by atoms with E-state index in [1.807, 2.05) is 65.7 Å². The largest absolute Gasteiger partial charge is 0.496 e. The van der Waals surface area contributed by atoms with Gasteiger partial charge in [0.1, 0.15) is 12.3 Å². The third-order valence-corrected chi connectivity index (χ3v) is 7.90. The van der Waals surface area contributed by atoms with Crippen molar-refractivity contribution in [1.29, 1.82) is 0 Å². The van der Waals surface area contributed by atoms with Gasteiger partial charge in [-0.2, -0.15) is 5.10 Å². The Kier molecular flexibility index (Phi) is 8.21. The number of aromatic nitrogens is 1. The molecule has 5 rings (SSSR count). The predicted octanol–water partition coefficient (Wildman–Crippen LogP) is 3.25. The molecule has 0 aliphatic carbocycles. The summed E-state index contributed by atoms with van der Waals surface area (Å²) in [6.07, 6.45) is 2.52. The van der Waals surface area contributed by atoms with Gasteiger partial charge in [-0.05, 0) is 29.6 Å². The summed E-state index contributed by atoms with van der Waals surface area (Å²) >= 11 is 1.39. The van der Waals surface area contributed by atoms with Crippen LogP contribution in [0, 0.1) is 0 Å². The van der Waals surface area contributed by atoms with E-state index in [-0.39, 0.29) is 24.4 Å². The third kappa shape index (κ3) is 5.67. The molecule has 200 valence electrons. The van der Waals surface area contributed by atoms with Gasteiger partial charge in [0.15, 0.2) is 0 Å². The molecule has 2 aromatic heterocycles. The number of amides is 2. The molecule has 1 atom stereocenters. The monoisotopic (exact) mass is 535 g/mol. The number of para-hydroxylation sites is 1. The molecule has 0 radical (unpaired) electrons. The maximum Gasteiger partial charge on any atom is 0.264 e. The Morgan fingerprint density at radius 2 is 1.95 bits per heavy atom. The fourth-order valence-corrected chi connectivity index (χ4v) is 5.66. The molecule has 38 heavy (non-hydrogen) atoms. The Bertz CT molecular complexity index is 1280. The Hall–Kier alpha value is -3.47. The van der Waals surface area contributed by atoms with Crippen molar-refractivity contribution in [2.24, 2.45) is 12.1 Å². The fourth-order valence-electron chi connectivity index (χ4n) is 4.97. The van der Waals surface area contributed by atoms with E-state index in [2.05, 4.69) is 4.90 Å². The number of aryl methyl sites for hydroxylation is 1. The predicted molar refractivity (Wildman–Crippen MR) is 147 cm³/mol. The number of ether oxygens (including phenoxy) is 2. The van der Waals surface area contributed by atoms with E-state index in [1.54, 1.807) is 23.1 Å². The fraction of sp³-hybridized carbons (Fsp3) is 0.393. The van der Waals surface area contributed by atoms with Crippen LogP contribution >= 0.6 is 11.3 Å².